The van der Waals surface area contributed by atoms with Gasteiger partial charge in [0.05, 0.1) is 30.2 Å². The molecule has 0 radical (unpaired) electrons. The van der Waals surface area contributed by atoms with E-state index in [0.717, 1.165) is 87.9 Å². The lowest BCUT2D eigenvalue weighted by molar-refractivity contribution is 0.111. The fourth-order valence-corrected chi connectivity index (χ4v) is 19.7. The van der Waals surface area contributed by atoms with Gasteiger partial charge in [0.15, 0.2) is 17.6 Å². The Kier molecular flexibility index (Phi) is 19.5. The van der Waals surface area contributed by atoms with E-state index in [4.69, 9.17) is 0 Å². The lowest BCUT2D eigenvalue weighted by Gasteiger charge is -2.15. The van der Waals surface area contributed by atoms with Crippen molar-refractivity contribution in [1.29, 1.82) is 0 Å². The Labute approximate surface area is 548 Å². The number of pyridine rings is 3. The van der Waals surface area contributed by atoms with Crippen LogP contribution in [0.3, 0.4) is 0 Å². The Bertz CT molecular complexity index is 5170. The number of carbonyl (C=O) groups excluding carboxylic acids is 1. The topological polar surface area (TPSA) is 262 Å². The second-order valence-corrected chi connectivity index (χ2v) is 32.1. The molecular weight excluding hydrogens is 1290 g/mol. The van der Waals surface area contributed by atoms with Crippen molar-refractivity contribution in [2.75, 3.05) is 39.3 Å². The van der Waals surface area contributed by atoms with Gasteiger partial charge >= 0.3 is 0 Å². The molecule has 1 N–H and O–H groups in total. The largest absolute Gasteiger partial charge is 0.343 e. The van der Waals surface area contributed by atoms with E-state index in [9.17, 15) is 46.9 Å². The molecule has 0 aliphatic carbocycles. The smallest absolute Gasteiger partial charge is 0.270 e. The first-order valence-corrected chi connectivity index (χ1v) is 37.8. The van der Waals surface area contributed by atoms with Crippen LogP contribution in [0.2, 0.25) is 0 Å². The van der Waals surface area contributed by atoms with Gasteiger partial charge in [0.2, 0.25) is 30.1 Å². The first kappa shape index (κ1) is 66.9. The third-order valence-electron chi connectivity index (χ3n) is 17.0. The highest BCUT2D eigenvalue weighted by Gasteiger charge is 2.32. The van der Waals surface area contributed by atoms with Crippen LogP contribution in [0.4, 0.5) is 0 Å². The van der Waals surface area contributed by atoms with Gasteiger partial charge in [-0.25, -0.2) is 65.0 Å². The number of sulfonamides is 3. The third kappa shape index (κ3) is 12.8. The molecule has 3 aliphatic rings. The number of hydrogen-bond donors (Lipinski definition) is 1. The molecule has 94 heavy (non-hydrogen) atoms. The van der Waals surface area contributed by atoms with E-state index in [1.807, 2.05) is 37.3 Å². The number of rotatable bonds is 16. The zero-order chi connectivity index (χ0) is 65.3. The molecule has 11 aromatic rings. The number of aromatic nitrogens is 6. The summed E-state index contributed by atoms with van der Waals surface area (Å²) in [6.45, 7) is 7.40. The third-order valence-corrected chi connectivity index (χ3v) is 26.3. The highest BCUT2D eigenvalue weighted by molar-refractivity contribution is 7.91. The number of fused-ring (bicyclic) bond motifs is 3. The van der Waals surface area contributed by atoms with Gasteiger partial charge in [0, 0.05) is 85.4 Å². The first-order chi connectivity index (χ1) is 44.8. The second-order valence-electron chi connectivity index (χ2n) is 22.7. The molecule has 3 saturated heterocycles. The van der Waals surface area contributed by atoms with E-state index < -0.39 is 50.1 Å². The molecule has 9 heterocycles. The normalized spacial score (nSPS) is 15.2. The van der Waals surface area contributed by atoms with Crippen LogP contribution in [0.15, 0.2) is 213 Å². The van der Waals surface area contributed by atoms with Crippen molar-refractivity contribution >= 4 is 89.5 Å². The molecule has 0 amide bonds. The Morgan fingerprint density at radius 3 is 1.13 bits per heavy atom. The summed E-state index contributed by atoms with van der Waals surface area (Å²) in [4.78, 5) is 29.3. The van der Waals surface area contributed by atoms with Crippen LogP contribution in [0.1, 0.15) is 81.7 Å². The monoisotopic (exact) mass is 1360 g/mol. The summed E-state index contributed by atoms with van der Waals surface area (Å²) < 4.78 is 137. The molecule has 25 heteroatoms. The minimum absolute atomic E-state index is 0. The number of nitrogens with one attached hydrogen (secondary N) is 1. The molecule has 0 atom stereocenters. The van der Waals surface area contributed by atoms with E-state index >= 15 is 0 Å². The highest BCUT2D eigenvalue weighted by atomic mass is 32.2. The van der Waals surface area contributed by atoms with Gasteiger partial charge in [0.1, 0.15) is 5.65 Å². The molecule has 0 unspecified atom stereocenters. The maximum absolute atomic E-state index is 13.5. The van der Waals surface area contributed by atoms with Gasteiger partial charge in [-0.1, -0.05) is 94.1 Å². The van der Waals surface area contributed by atoms with Crippen molar-refractivity contribution in [3.05, 3.63) is 206 Å². The minimum atomic E-state index is -4.06. The van der Waals surface area contributed by atoms with Crippen LogP contribution >= 0.6 is 0 Å². The zero-order valence-corrected chi connectivity index (χ0v) is 55.1. The van der Waals surface area contributed by atoms with Gasteiger partial charge in [-0.15, -0.1) is 0 Å². The number of carbonyl (C=O) groups is 1. The van der Waals surface area contributed by atoms with Crippen molar-refractivity contribution in [3.8, 4) is 33.4 Å². The Morgan fingerprint density at radius 1 is 0.394 bits per heavy atom. The first-order valence-electron chi connectivity index (χ1n) is 30.6. The minimum Gasteiger partial charge on any atom is -0.343 e. The molecular formula is C69H71N9O11S5. The van der Waals surface area contributed by atoms with Crippen molar-refractivity contribution in [2.24, 2.45) is 0 Å². The second kappa shape index (κ2) is 27.4. The molecule has 20 nitrogen and oxygen atoms in total. The highest BCUT2D eigenvalue weighted by Crippen LogP contribution is 2.37. The summed E-state index contributed by atoms with van der Waals surface area (Å²) in [5.41, 5.74) is 8.03. The van der Waals surface area contributed by atoms with Crippen LogP contribution in [-0.4, -0.2) is 128 Å². The molecule has 0 spiro atoms. The fraction of sp³-hybridized carbons (Fsp3) is 0.246. The van der Waals surface area contributed by atoms with Gasteiger partial charge in [-0.2, -0.15) is 12.9 Å². The molecule has 5 aromatic carbocycles. The van der Waals surface area contributed by atoms with Crippen molar-refractivity contribution in [3.63, 3.8) is 0 Å². The summed E-state index contributed by atoms with van der Waals surface area (Å²) in [6.07, 6.45) is 12.1. The van der Waals surface area contributed by atoms with E-state index in [0.29, 0.717) is 90.1 Å². The van der Waals surface area contributed by atoms with Crippen molar-refractivity contribution in [2.45, 2.75) is 97.1 Å². The van der Waals surface area contributed by atoms with Crippen LogP contribution in [0.5, 0.6) is 0 Å². The molecule has 14 rings (SSSR count). The van der Waals surface area contributed by atoms with E-state index in [1.165, 1.54) is 37.0 Å². The molecule has 0 bridgehead atoms. The van der Waals surface area contributed by atoms with Gasteiger partial charge in [-0.05, 0) is 182 Å². The summed E-state index contributed by atoms with van der Waals surface area (Å²) in [6, 6.07) is 47.5. The number of aldehydes is 1. The SMILES string of the molecule is C.CCc1cc2c(-c3ccc(S(=O)(=O)N4CCCC4)cc3)ccnc2[nH]1.CCc1cc2c(-c3ccc(S(=O)(=O)N4CCCC4)cc3)ccnc2n1S(=O)(=O)c1ccccc1.O=Cc1cc2c(-c3ccc(S(=O)(=O)N4CCCC4)cc3)ccnc2n1S(=O)(=O)c1ccccc1. The molecule has 488 valence electrons. The predicted octanol–water partition coefficient (Wildman–Crippen LogP) is 12.0. The van der Waals surface area contributed by atoms with Crippen LogP contribution in [-0.2, 0) is 63.0 Å². The lowest BCUT2D eigenvalue weighted by Crippen LogP contribution is -2.27. The van der Waals surface area contributed by atoms with Crippen LogP contribution in [0, 0.1) is 0 Å². The predicted molar refractivity (Wildman–Crippen MR) is 365 cm³/mol. The van der Waals surface area contributed by atoms with Gasteiger partial charge < -0.3 is 4.98 Å². The van der Waals surface area contributed by atoms with E-state index in [2.05, 4.69) is 32.9 Å². The van der Waals surface area contributed by atoms with Gasteiger partial charge in [0.25, 0.3) is 20.0 Å². The standard InChI is InChI=1S/C25H25N3O4S2.C24H21N3O5S2.C19H21N3O2S.CH4/c1-2-20-18-24-23(19-10-12-22(13-11-19)33(29,30)27-16-6-7-17-27)14-15-26-25(24)28(20)34(31,32)21-8-4-3-5-9-21;28-17-19-16-23-22(18-8-10-21(11-9-18)33(29,30)26-14-4-5-15-26)12-13-25-24(23)27(19)34(31,32)20-6-2-1-3-7-20;1-2-15-13-18-17(9-10-20-19(18)21-15)14-5-7-16(8-6-14)25(23,24)22-11-3-4-12-22;/h3-5,8-15,18H,2,6-7,16-17H2,1H3;1-3,6-13,16-17H,4-5,14-15H2;5-10,13H,2-4,11-12H2,1H3,(H,20,21);1H4. The zero-order valence-electron chi connectivity index (χ0n) is 51.0. The van der Waals surface area contributed by atoms with E-state index in [-0.39, 0.29) is 38.3 Å². The molecule has 6 aromatic heterocycles. The molecule has 3 aliphatic heterocycles. The number of benzene rings is 5. The maximum atomic E-state index is 13.5. The number of H-pyrrole nitrogens is 1. The van der Waals surface area contributed by atoms with Crippen LogP contribution < -0.4 is 0 Å². The fourth-order valence-electron chi connectivity index (χ4n) is 12.1. The summed E-state index contributed by atoms with van der Waals surface area (Å²) in [7, 11) is -18.3. The number of hydrogen-bond acceptors (Lipinski definition) is 14. The maximum Gasteiger partial charge on any atom is 0.270 e. The summed E-state index contributed by atoms with van der Waals surface area (Å²) in [5.74, 6) is 0. The summed E-state index contributed by atoms with van der Waals surface area (Å²) in [5, 5.41) is 2.24. The Morgan fingerprint density at radius 2 is 0.745 bits per heavy atom. The average Bonchev–Trinajstić information content (AvgIpc) is 1.59. The summed E-state index contributed by atoms with van der Waals surface area (Å²) >= 11 is 0. The van der Waals surface area contributed by atoms with Gasteiger partial charge in [-0.3, -0.25) is 4.79 Å². The Hall–Kier alpha value is -8.53. The van der Waals surface area contributed by atoms with E-state index in [1.54, 1.807) is 132 Å². The Balaban J connectivity index is 0.000000145. The lowest BCUT2D eigenvalue weighted by atomic mass is 10.0. The molecule has 3 fully saturated rings. The number of aryl methyl sites for hydroxylation is 2. The quantitative estimate of drug-likeness (QED) is 0.0882. The van der Waals surface area contributed by atoms with Crippen molar-refractivity contribution in [1.82, 2.24) is 40.8 Å². The average molecular weight is 1360 g/mol. The number of aromatic amines is 1. The number of nitrogens with zero attached hydrogens (tertiary/aromatic N) is 8. The van der Waals surface area contributed by atoms with Crippen molar-refractivity contribution < 1.29 is 46.9 Å². The van der Waals surface area contributed by atoms with Crippen LogP contribution in [0.25, 0.3) is 66.5 Å². The molecule has 0 saturated carbocycles.